The van der Waals surface area contributed by atoms with Crippen LogP contribution in [-0.4, -0.2) is 35.9 Å². The van der Waals surface area contributed by atoms with Gasteiger partial charge in [0, 0.05) is 12.6 Å². The summed E-state index contributed by atoms with van der Waals surface area (Å²) in [6, 6.07) is 9.00. The Morgan fingerprint density at radius 2 is 2.13 bits per heavy atom. The van der Waals surface area contributed by atoms with Gasteiger partial charge in [0.15, 0.2) is 0 Å². The van der Waals surface area contributed by atoms with Crippen LogP contribution in [0, 0.1) is 5.92 Å². The molecule has 116 valence electrons. The molecule has 1 aliphatic rings. The first-order chi connectivity index (χ1) is 11.3. The van der Waals surface area contributed by atoms with Crippen molar-refractivity contribution >= 4 is 11.7 Å². The van der Waals surface area contributed by atoms with Crippen molar-refractivity contribution in [2.45, 2.75) is 19.4 Å². The van der Waals surface area contributed by atoms with Gasteiger partial charge in [-0.15, -0.1) is 5.10 Å². The number of tetrazole rings is 1. The molecule has 8 nitrogen and oxygen atoms in total. The van der Waals surface area contributed by atoms with E-state index >= 15 is 0 Å². The number of nitrogens with zero attached hydrogens (tertiary/aromatic N) is 6. The lowest BCUT2D eigenvalue weighted by Crippen LogP contribution is -2.18. The first-order valence-electron chi connectivity index (χ1n) is 7.47. The molecule has 23 heavy (non-hydrogen) atoms. The van der Waals surface area contributed by atoms with E-state index in [-0.39, 0.29) is 5.91 Å². The summed E-state index contributed by atoms with van der Waals surface area (Å²) in [5.74, 6) is 1.17. The summed E-state index contributed by atoms with van der Waals surface area (Å²) in [5.41, 5.74) is 1.13. The van der Waals surface area contributed by atoms with Crippen molar-refractivity contribution in [2.75, 3.05) is 5.32 Å². The highest BCUT2D eigenvalue weighted by Crippen LogP contribution is 2.31. The minimum Gasteiger partial charge on any atom is -0.307 e. The second kappa shape index (κ2) is 5.64. The molecule has 0 bridgehead atoms. The van der Waals surface area contributed by atoms with Crippen LogP contribution < -0.4 is 5.32 Å². The zero-order valence-corrected chi connectivity index (χ0v) is 12.3. The van der Waals surface area contributed by atoms with Crippen LogP contribution in [0.3, 0.4) is 0 Å². The molecule has 1 N–H and O–H groups in total. The van der Waals surface area contributed by atoms with Gasteiger partial charge in [-0.1, -0.05) is 12.1 Å². The number of hydrogen-bond acceptors (Lipinski definition) is 5. The average Bonchev–Trinajstić information content (AvgIpc) is 3.04. The van der Waals surface area contributed by atoms with E-state index in [0.29, 0.717) is 23.0 Å². The monoisotopic (exact) mass is 309 g/mol. The summed E-state index contributed by atoms with van der Waals surface area (Å²) in [6.07, 6.45) is 5.62. The quantitative estimate of drug-likeness (QED) is 0.771. The van der Waals surface area contributed by atoms with Crippen LogP contribution >= 0.6 is 0 Å². The number of benzene rings is 1. The van der Waals surface area contributed by atoms with Crippen LogP contribution in [0.5, 0.6) is 0 Å². The van der Waals surface area contributed by atoms with E-state index in [0.717, 1.165) is 6.54 Å². The van der Waals surface area contributed by atoms with Gasteiger partial charge in [0.2, 0.25) is 0 Å². The highest BCUT2D eigenvalue weighted by molar-refractivity contribution is 6.06. The smallest absolute Gasteiger partial charge is 0.259 e. The third kappa shape index (κ3) is 2.83. The molecule has 0 saturated heterocycles. The number of nitrogens with one attached hydrogen (secondary N) is 1. The van der Waals surface area contributed by atoms with E-state index in [1.165, 1.54) is 23.9 Å². The predicted octanol–water partition coefficient (Wildman–Crippen LogP) is 1.52. The number of rotatable bonds is 5. The van der Waals surface area contributed by atoms with Gasteiger partial charge in [-0.2, -0.15) is 9.78 Å². The molecule has 0 spiro atoms. The van der Waals surface area contributed by atoms with E-state index < -0.39 is 0 Å². The standard InChI is InChI=1S/C15H15N7O/c23-15(18-14-7-8-17-21(14)9-11-5-6-11)12-3-1-2-4-13(12)22-10-16-19-20-22/h1-4,7-8,10-11H,5-6,9H2,(H,18,23). The molecular formula is C15H15N7O. The van der Waals surface area contributed by atoms with Crippen molar-refractivity contribution < 1.29 is 4.79 Å². The number of para-hydroxylation sites is 1. The number of carbonyl (C=O) groups is 1. The van der Waals surface area contributed by atoms with Crippen molar-refractivity contribution in [1.82, 2.24) is 30.0 Å². The lowest BCUT2D eigenvalue weighted by Gasteiger charge is -2.11. The van der Waals surface area contributed by atoms with Crippen LogP contribution in [0.2, 0.25) is 0 Å². The van der Waals surface area contributed by atoms with Gasteiger partial charge in [0.05, 0.1) is 17.4 Å². The zero-order chi connectivity index (χ0) is 15.6. The molecule has 1 aromatic carbocycles. The summed E-state index contributed by atoms with van der Waals surface area (Å²) in [4.78, 5) is 12.6. The Balaban J connectivity index is 1.59. The Bertz CT molecular complexity index is 820. The molecule has 2 aromatic heterocycles. The van der Waals surface area contributed by atoms with E-state index in [9.17, 15) is 4.79 Å². The summed E-state index contributed by atoms with van der Waals surface area (Å²) in [6.45, 7) is 0.845. The second-order valence-corrected chi connectivity index (χ2v) is 5.57. The number of carbonyl (C=O) groups excluding carboxylic acids is 1. The van der Waals surface area contributed by atoms with Crippen LogP contribution in [0.15, 0.2) is 42.9 Å². The predicted molar refractivity (Wildman–Crippen MR) is 82.1 cm³/mol. The average molecular weight is 309 g/mol. The van der Waals surface area contributed by atoms with Crippen molar-refractivity contribution in [2.24, 2.45) is 5.92 Å². The molecule has 0 aliphatic heterocycles. The topological polar surface area (TPSA) is 90.5 Å². The molecule has 1 saturated carbocycles. The second-order valence-electron chi connectivity index (χ2n) is 5.57. The van der Waals surface area contributed by atoms with Gasteiger partial charge >= 0.3 is 0 Å². The van der Waals surface area contributed by atoms with Gasteiger partial charge in [0.1, 0.15) is 12.1 Å². The lowest BCUT2D eigenvalue weighted by atomic mass is 10.1. The fraction of sp³-hybridized carbons (Fsp3) is 0.267. The first kappa shape index (κ1) is 13.6. The normalized spacial score (nSPS) is 13.9. The lowest BCUT2D eigenvalue weighted by molar-refractivity contribution is 0.102. The molecular weight excluding hydrogens is 294 g/mol. The molecule has 3 aromatic rings. The maximum atomic E-state index is 12.6. The zero-order valence-electron chi connectivity index (χ0n) is 12.3. The molecule has 0 unspecified atom stereocenters. The minimum absolute atomic E-state index is 0.214. The fourth-order valence-electron chi connectivity index (χ4n) is 2.45. The fourth-order valence-corrected chi connectivity index (χ4v) is 2.45. The Labute approximate surface area is 132 Å². The van der Waals surface area contributed by atoms with E-state index in [1.807, 2.05) is 16.8 Å². The Morgan fingerprint density at radius 1 is 1.26 bits per heavy atom. The third-order valence-corrected chi connectivity index (χ3v) is 3.83. The van der Waals surface area contributed by atoms with Gasteiger partial charge < -0.3 is 5.32 Å². The molecule has 4 rings (SSSR count). The van der Waals surface area contributed by atoms with Crippen molar-refractivity contribution in [3.05, 3.63) is 48.4 Å². The van der Waals surface area contributed by atoms with Crippen molar-refractivity contribution in [1.29, 1.82) is 0 Å². The van der Waals surface area contributed by atoms with Crippen LogP contribution in [-0.2, 0) is 6.54 Å². The molecule has 2 heterocycles. The van der Waals surface area contributed by atoms with E-state index in [1.54, 1.807) is 24.4 Å². The maximum absolute atomic E-state index is 12.6. The van der Waals surface area contributed by atoms with Crippen molar-refractivity contribution in [3.8, 4) is 5.69 Å². The molecule has 1 aliphatic carbocycles. The SMILES string of the molecule is O=C(Nc1ccnn1CC1CC1)c1ccccc1-n1cnnn1. The summed E-state index contributed by atoms with van der Waals surface area (Å²) in [5, 5.41) is 18.3. The Hall–Kier alpha value is -3.03. The van der Waals surface area contributed by atoms with Gasteiger partial charge in [-0.25, -0.2) is 4.68 Å². The Morgan fingerprint density at radius 3 is 2.91 bits per heavy atom. The number of aromatic nitrogens is 6. The summed E-state index contributed by atoms with van der Waals surface area (Å²) in [7, 11) is 0. The van der Waals surface area contributed by atoms with Gasteiger partial charge in [0.25, 0.3) is 5.91 Å². The molecule has 1 fully saturated rings. The summed E-state index contributed by atoms with van der Waals surface area (Å²) >= 11 is 0. The highest BCUT2D eigenvalue weighted by atomic mass is 16.1. The molecule has 8 heteroatoms. The molecule has 0 atom stereocenters. The van der Waals surface area contributed by atoms with E-state index in [4.69, 9.17) is 0 Å². The van der Waals surface area contributed by atoms with Gasteiger partial charge in [-0.3, -0.25) is 4.79 Å². The number of amides is 1. The molecule has 0 radical (unpaired) electrons. The third-order valence-electron chi connectivity index (χ3n) is 3.83. The highest BCUT2D eigenvalue weighted by Gasteiger charge is 2.23. The molecule has 1 amide bonds. The maximum Gasteiger partial charge on any atom is 0.259 e. The van der Waals surface area contributed by atoms with Crippen LogP contribution in [0.4, 0.5) is 5.82 Å². The van der Waals surface area contributed by atoms with Crippen LogP contribution in [0.1, 0.15) is 23.2 Å². The van der Waals surface area contributed by atoms with Gasteiger partial charge in [-0.05, 0) is 41.3 Å². The summed E-state index contributed by atoms with van der Waals surface area (Å²) < 4.78 is 3.31. The minimum atomic E-state index is -0.214. The largest absolute Gasteiger partial charge is 0.307 e. The Kier molecular flexibility index (Phi) is 3.34. The van der Waals surface area contributed by atoms with E-state index in [2.05, 4.69) is 25.9 Å². The van der Waals surface area contributed by atoms with Crippen molar-refractivity contribution in [3.63, 3.8) is 0 Å². The number of hydrogen-bond donors (Lipinski definition) is 1. The number of anilines is 1. The first-order valence-corrected chi connectivity index (χ1v) is 7.47. The van der Waals surface area contributed by atoms with Crippen LogP contribution in [0.25, 0.3) is 5.69 Å².